The van der Waals surface area contributed by atoms with Crippen molar-refractivity contribution in [2.45, 2.75) is 30.0 Å². The van der Waals surface area contributed by atoms with Crippen LogP contribution in [0.2, 0.25) is 0 Å². The first kappa shape index (κ1) is 18.7. The second-order valence-electron chi connectivity index (χ2n) is 5.56. The number of piperidine rings is 1. The summed E-state index contributed by atoms with van der Waals surface area (Å²) in [5.74, 6) is -0.916. The van der Waals surface area contributed by atoms with Gasteiger partial charge in [0, 0.05) is 24.7 Å². The maximum atomic E-state index is 12.5. The van der Waals surface area contributed by atoms with Gasteiger partial charge in [-0.2, -0.15) is 17.5 Å². The van der Waals surface area contributed by atoms with Crippen molar-refractivity contribution in [1.82, 2.24) is 9.62 Å². The third kappa shape index (κ3) is 4.68. The van der Waals surface area contributed by atoms with Crippen molar-refractivity contribution in [3.63, 3.8) is 0 Å². The first-order valence-electron chi connectivity index (χ1n) is 7.30. The van der Waals surface area contributed by atoms with Crippen LogP contribution >= 0.6 is 0 Å². The molecule has 0 radical (unpaired) electrons. The normalized spacial score (nSPS) is 17.7. The molecule has 0 aromatic heterocycles. The van der Waals surface area contributed by atoms with Crippen LogP contribution in [0.1, 0.15) is 23.2 Å². The van der Waals surface area contributed by atoms with E-state index in [9.17, 15) is 26.4 Å². The number of hydrogen-bond acceptors (Lipinski definition) is 4. The Balaban J connectivity index is 2.07. The fourth-order valence-electron chi connectivity index (χ4n) is 2.33. The van der Waals surface area contributed by atoms with Crippen LogP contribution in [-0.4, -0.2) is 50.5 Å². The number of amides is 1. The molecule has 0 atom stereocenters. The second kappa shape index (κ2) is 7.08. The molecule has 1 aliphatic heterocycles. The molecule has 0 bridgehead atoms. The number of benzene rings is 1. The number of halogens is 3. The van der Waals surface area contributed by atoms with Gasteiger partial charge in [-0.1, -0.05) is 0 Å². The molecule has 1 saturated heterocycles. The number of nitrogens with zero attached hydrogens (tertiary/aromatic N) is 1. The lowest BCUT2D eigenvalue weighted by Crippen LogP contribution is -2.42. The maximum absolute atomic E-state index is 12.5. The van der Waals surface area contributed by atoms with E-state index in [1.165, 1.54) is 28.6 Å². The summed E-state index contributed by atoms with van der Waals surface area (Å²) < 4.78 is 62.5. The Morgan fingerprint density at radius 2 is 1.75 bits per heavy atom. The standard InChI is InChI=1S/C14H18F3N3O3S/c15-14(16,17)9-19-13(21)10-1-3-12(4-2-10)24(22,23)20-7-5-11(18)6-8-20/h1-4,11H,5-9,18H2,(H,19,21). The average Bonchev–Trinajstić information content (AvgIpc) is 2.52. The summed E-state index contributed by atoms with van der Waals surface area (Å²) in [5.41, 5.74) is 5.70. The molecule has 0 saturated carbocycles. The Hall–Kier alpha value is -1.65. The van der Waals surface area contributed by atoms with Crippen molar-refractivity contribution in [3.8, 4) is 0 Å². The van der Waals surface area contributed by atoms with E-state index >= 15 is 0 Å². The topological polar surface area (TPSA) is 92.5 Å². The highest BCUT2D eigenvalue weighted by Gasteiger charge is 2.29. The van der Waals surface area contributed by atoms with Crippen molar-refractivity contribution in [2.24, 2.45) is 5.73 Å². The molecule has 1 aromatic carbocycles. The number of carbonyl (C=O) groups excluding carboxylic acids is 1. The van der Waals surface area contributed by atoms with Gasteiger partial charge in [0.05, 0.1) is 4.90 Å². The molecule has 1 amide bonds. The summed E-state index contributed by atoms with van der Waals surface area (Å²) in [6.45, 7) is -0.811. The molecule has 134 valence electrons. The zero-order valence-corrected chi connectivity index (χ0v) is 13.5. The number of carbonyl (C=O) groups is 1. The second-order valence-corrected chi connectivity index (χ2v) is 7.50. The van der Waals surface area contributed by atoms with Gasteiger partial charge < -0.3 is 11.1 Å². The van der Waals surface area contributed by atoms with Crippen molar-refractivity contribution >= 4 is 15.9 Å². The molecule has 0 spiro atoms. The van der Waals surface area contributed by atoms with Gasteiger partial charge in [-0.05, 0) is 37.1 Å². The molecule has 2 rings (SSSR count). The lowest BCUT2D eigenvalue weighted by atomic mass is 10.1. The summed E-state index contributed by atoms with van der Waals surface area (Å²) >= 11 is 0. The zero-order chi connectivity index (χ0) is 18.0. The fourth-order valence-corrected chi connectivity index (χ4v) is 3.80. The van der Waals surface area contributed by atoms with Crippen molar-refractivity contribution in [2.75, 3.05) is 19.6 Å². The van der Waals surface area contributed by atoms with Crippen LogP contribution in [0.25, 0.3) is 0 Å². The van der Waals surface area contributed by atoms with Crippen molar-refractivity contribution in [3.05, 3.63) is 29.8 Å². The van der Waals surface area contributed by atoms with Gasteiger partial charge in [0.1, 0.15) is 6.54 Å². The Morgan fingerprint density at radius 3 is 2.25 bits per heavy atom. The molecule has 0 unspecified atom stereocenters. The van der Waals surface area contributed by atoms with Crippen LogP contribution in [0.3, 0.4) is 0 Å². The van der Waals surface area contributed by atoms with Gasteiger partial charge in [0.15, 0.2) is 0 Å². The predicted molar refractivity (Wildman–Crippen MR) is 80.8 cm³/mol. The smallest absolute Gasteiger partial charge is 0.343 e. The molecule has 6 nitrogen and oxygen atoms in total. The number of nitrogens with one attached hydrogen (secondary N) is 1. The van der Waals surface area contributed by atoms with Gasteiger partial charge in [-0.15, -0.1) is 0 Å². The number of rotatable bonds is 4. The van der Waals surface area contributed by atoms with E-state index in [-0.39, 0.29) is 16.5 Å². The fraction of sp³-hybridized carbons (Fsp3) is 0.500. The summed E-state index contributed by atoms with van der Waals surface area (Å²) in [7, 11) is -3.70. The third-order valence-corrected chi connectivity index (χ3v) is 5.62. The van der Waals surface area contributed by atoms with Gasteiger partial charge in [-0.25, -0.2) is 8.42 Å². The number of sulfonamides is 1. The number of alkyl halides is 3. The average molecular weight is 365 g/mol. The SMILES string of the molecule is NC1CCN(S(=O)(=O)c2ccc(C(=O)NCC(F)(F)F)cc2)CC1. The quantitative estimate of drug-likeness (QED) is 0.835. The highest BCUT2D eigenvalue weighted by Crippen LogP contribution is 2.21. The van der Waals surface area contributed by atoms with E-state index in [4.69, 9.17) is 5.73 Å². The van der Waals surface area contributed by atoms with E-state index in [1.807, 2.05) is 0 Å². The van der Waals surface area contributed by atoms with Crippen LogP contribution < -0.4 is 11.1 Å². The molecule has 1 heterocycles. The lowest BCUT2D eigenvalue weighted by Gasteiger charge is -2.29. The van der Waals surface area contributed by atoms with Crippen LogP contribution in [0.5, 0.6) is 0 Å². The molecule has 3 N–H and O–H groups in total. The molecule has 10 heteroatoms. The predicted octanol–water partition coefficient (Wildman–Crippen LogP) is 1.09. The first-order chi connectivity index (χ1) is 11.1. The van der Waals surface area contributed by atoms with Gasteiger partial charge in [0.25, 0.3) is 5.91 Å². The van der Waals surface area contributed by atoms with Gasteiger partial charge >= 0.3 is 6.18 Å². The summed E-state index contributed by atoms with van der Waals surface area (Å²) in [6, 6.07) is 4.79. The van der Waals surface area contributed by atoms with Crippen LogP contribution in [-0.2, 0) is 10.0 Å². The number of hydrogen-bond donors (Lipinski definition) is 2. The molecule has 1 aliphatic rings. The van der Waals surface area contributed by atoms with Crippen LogP contribution in [0, 0.1) is 0 Å². The first-order valence-corrected chi connectivity index (χ1v) is 8.74. The van der Waals surface area contributed by atoms with Crippen LogP contribution in [0.4, 0.5) is 13.2 Å². The van der Waals surface area contributed by atoms with Gasteiger partial charge in [-0.3, -0.25) is 4.79 Å². The van der Waals surface area contributed by atoms with E-state index in [1.54, 1.807) is 5.32 Å². The van der Waals surface area contributed by atoms with Crippen molar-refractivity contribution < 1.29 is 26.4 Å². The molecule has 1 fully saturated rings. The Kier molecular flexibility index (Phi) is 5.51. The Labute approximate surface area is 137 Å². The highest BCUT2D eigenvalue weighted by molar-refractivity contribution is 7.89. The molecule has 24 heavy (non-hydrogen) atoms. The van der Waals surface area contributed by atoms with E-state index in [0.717, 1.165) is 0 Å². The van der Waals surface area contributed by atoms with Crippen LogP contribution in [0.15, 0.2) is 29.2 Å². The highest BCUT2D eigenvalue weighted by atomic mass is 32.2. The third-order valence-electron chi connectivity index (χ3n) is 3.70. The Morgan fingerprint density at radius 1 is 1.21 bits per heavy atom. The molecular weight excluding hydrogens is 347 g/mol. The minimum absolute atomic E-state index is 0.00894. The van der Waals surface area contributed by atoms with Gasteiger partial charge in [0.2, 0.25) is 10.0 Å². The van der Waals surface area contributed by atoms with E-state index < -0.39 is 28.7 Å². The summed E-state index contributed by atoms with van der Waals surface area (Å²) in [6.07, 6.45) is -3.37. The maximum Gasteiger partial charge on any atom is 0.405 e. The lowest BCUT2D eigenvalue weighted by molar-refractivity contribution is -0.123. The Bertz CT molecular complexity index is 681. The summed E-state index contributed by atoms with van der Waals surface area (Å²) in [4.78, 5) is 11.6. The minimum atomic E-state index is -4.51. The van der Waals surface area contributed by atoms with E-state index in [0.29, 0.717) is 25.9 Å². The monoisotopic (exact) mass is 365 g/mol. The largest absolute Gasteiger partial charge is 0.405 e. The number of nitrogens with two attached hydrogens (primary N) is 1. The zero-order valence-electron chi connectivity index (χ0n) is 12.7. The molecule has 1 aromatic rings. The molecule has 0 aliphatic carbocycles. The van der Waals surface area contributed by atoms with Crippen molar-refractivity contribution in [1.29, 1.82) is 0 Å². The summed E-state index contributed by atoms with van der Waals surface area (Å²) in [5, 5.41) is 1.73. The van der Waals surface area contributed by atoms with E-state index in [2.05, 4.69) is 0 Å². The molecular formula is C14H18F3N3O3S. The minimum Gasteiger partial charge on any atom is -0.343 e.